The summed E-state index contributed by atoms with van der Waals surface area (Å²) in [5.74, 6) is 0.0442. The zero-order valence-electron chi connectivity index (χ0n) is 11.8. The number of rotatable bonds is 7. The highest BCUT2D eigenvalue weighted by atomic mass is 79.9. The molecule has 19 heavy (non-hydrogen) atoms. The first-order valence-corrected chi connectivity index (χ1v) is 7.20. The van der Waals surface area contributed by atoms with Gasteiger partial charge in [0.2, 0.25) is 5.91 Å². The molecule has 0 unspecified atom stereocenters. The summed E-state index contributed by atoms with van der Waals surface area (Å²) in [5, 5.41) is 6.17. The van der Waals surface area contributed by atoms with Crippen LogP contribution in [0, 0.1) is 6.92 Å². The van der Waals surface area contributed by atoms with E-state index in [2.05, 4.69) is 31.5 Å². The van der Waals surface area contributed by atoms with Gasteiger partial charge in [0, 0.05) is 36.2 Å². The van der Waals surface area contributed by atoms with Crippen LogP contribution in [-0.4, -0.2) is 44.5 Å². The van der Waals surface area contributed by atoms with Crippen molar-refractivity contribution in [3.63, 3.8) is 0 Å². The van der Waals surface area contributed by atoms with Crippen molar-refractivity contribution in [1.29, 1.82) is 0 Å². The Hall–Kier alpha value is -0.910. The Morgan fingerprint density at radius 1 is 1.32 bits per heavy atom. The summed E-state index contributed by atoms with van der Waals surface area (Å²) in [4.78, 5) is 13.9. The monoisotopic (exact) mass is 327 g/mol. The van der Waals surface area contributed by atoms with E-state index < -0.39 is 0 Å². The summed E-state index contributed by atoms with van der Waals surface area (Å²) in [6, 6.07) is 5.83. The molecular formula is C14H22BrN3O. The number of carbonyl (C=O) groups is 1. The van der Waals surface area contributed by atoms with Crippen LogP contribution in [0.4, 0.5) is 5.69 Å². The van der Waals surface area contributed by atoms with Gasteiger partial charge in [-0.3, -0.25) is 4.79 Å². The molecule has 0 aliphatic rings. The van der Waals surface area contributed by atoms with Crippen LogP contribution in [0.3, 0.4) is 0 Å². The van der Waals surface area contributed by atoms with Gasteiger partial charge in [-0.25, -0.2) is 0 Å². The number of halogens is 1. The van der Waals surface area contributed by atoms with Gasteiger partial charge in [-0.2, -0.15) is 0 Å². The SMILES string of the molecule is Cc1cc(Br)ccc1NC(=O)CCNCCN(C)C. The Morgan fingerprint density at radius 2 is 2.05 bits per heavy atom. The number of nitrogens with zero attached hydrogens (tertiary/aromatic N) is 1. The van der Waals surface area contributed by atoms with Crippen molar-refractivity contribution >= 4 is 27.5 Å². The number of amides is 1. The number of benzene rings is 1. The van der Waals surface area contributed by atoms with E-state index in [-0.39, 0.29) is 5.91 Å². The number of carbonyl (C=O) groups excluding carboxylic acids is 1. The Kier molecular flexibility index (Phi) is 7.05. The molecule has 0 heterocycles. The molecule has 1 aromatic rings. The van der Waals surface area contributed by atoms with Gasteiger partial charge >= 0.3 is 0 Å². The summed E-state index contributed by atoms with van der Waals surface area (Å²) >= 11 is 3.41. The van der Waals surface area contributed by atoms with Gasteiger partial charge in [0.1, 0.15) is 0 Å². The molecular weight excluding hydrogens is 306 g/mol. The minimum absolute atomic E-state index is 0.0442. The van der Waals surface area contributed by atoms with Crippen molar-refractivity contribution in [1.82, 2.24) is 10.2 Å². The maximum absolute atomic E-state index is 11.8. The maximum atomic E-state index is 11.8. The van der Waals surface area contributed by atoms with E-state index in [0.717, 1.165) is 28.8 Å². The molecule has 0 aliphatic heterocycles. The first kappa shape index (κ1) is 16.1. The van der Waals surface area contributed by atoms with Gasteiger partial charge in [0.15, 0.2) is 0 Å². The summed E-state index contributed by atoms with van der Waals surface area (Å²) in [6.07, 6.45) is 0.489. The van der Waals surface area contributed by atoms with Crippen LogP contribution in [0.1, 0.15) is 12.0 Å². The fourth-order valence-corrected chi connectivity index (χ4v) is 2.09. The Balaban J connectivity index is 2.27. The summed E-state index contributed by atoms with van der Waals surface area (Å²) in [5.41, 5.74) is 1.93. The molecule has 5 heteroatoms. The number of likely N-dealkylation sites (N-methyl/N-ethyl adjacent to an activating group) is 1. The lowest BCUT2D eigenvalue weighted by molar-refractivity contribution is -0.116. The standard InChI is InChI=1S/C14H22BrN3O/c1-11-10-12(15)4-5-13(11)17-14(19)6-7-16-8-9-18(2)3/h4-5,10,16H,6-9H2,1-3H3,(H,17,19). The average molecular weight is 328 g/mol. The molecule has 106 valence electrons. The van der Waals surface area contributed by atoms with Crippen molar-refractivity contribution < 1.29 is 4.79 Å². The third-order valence-electron chi connectivity index (χ3n) is 2.73. The largest absolute Gasteiger partial charge is 0.326 e. The summed E-state index contributed by atoms with van der Waals surface area (Å²) in [7, 11) is 4.06. The number of hydrogen-bond acceptors (Lipinski definition) is 3. The van der Waals surface area contributed by atoms with E-state index in [9.17, 15) is 4.79 Å². The lowest BCUT2D eigenvalue weighted by Gasteiger charge is -2.11. The molecule has 2 N–H and O–H groups in total. The topological polar surface area (TPSA) is 44.4 Å². The molecule has 0 bridgehead atoms. The summed E-state index contributed by atoms with van der Waals surface area (Å²) < 4.78 is 1.02. The van der Waals surface area contributed by atoms with Gasteiger partial charge < -0.3 is 15.5 Å². The van der Waals surface area contributed by atoms with Gasteiger partial charge in [-0.05, 0) is 44.8 Å². The lowest BCUT2D eigenvalue weighted by atomic mass is 10.2. The smallest absolute Gasteiger partial charge is 0.225 e. The van der Waals surface area contributed by atoms with Crippen LogP contribution in [0.2, 0.25) is 0 Å². The summed E-state index contributed by atoms with van der Waals surface area (Å²) in [6.45, 7) is 4.57. The fraction of sp³-hybridized carbons (Fsp3) is 0.500. The quantitative estimate of drug-likeness (QED) is 0.755. The second-order valence-electron chi connectivity index (χ2n) is 4.81. The highest BCUT2D eigenvalue weighted by Gasteiger charge is 2.04. The molecule has 0 atom stereocenters. The average Bonchev–Trinajstić information content (AvgIpc) is 2.32. The molecule has 0 radical (unpaired) electrons. The van der Waals surface area contributed by atoms with E-state index in [1.165, 1.54) is 0 Å². The Labute approximate surface area is 123 Å². The van der Waals surface area contributed by atoms with E-state index >= 15 is 0 Å². The zero-order valence-corrected chi connectivity index (χ0v) is 13.4. The van der Waals surface area contributed by atoms with Gasteiger partial charge in [-0.1, -0.05) is 15.9 Å². The second kappa shape index (κ2) is 8.30. The first-order chi connectivity index (χ1) is 8.99. The molecule has 1 rings (SSSR count). The van der Waals surface area contributed by atoms with E-state index in [1.807, 2.05) is 39.2 Å². The highest BCUT2D eigenvalue weighted by Crippen LogP contribution is 2.19. The molecule has 4 nitrogen and oxygen atoms in total. The number of hydrogen-bond donors (Lipinski definition) is 2. The van der Waals surface area contributed by atoms with E-state index in [4.69, 9.17) is 0 Å². The molecule has 0 saturated heterocycles. The molecule has 0 spiro atoms. The minimum atomic E-state index is 0.0442. The van der Waals surface area contributed by atoms with Crippen molar-refractivity contribution in [2.45, 2.75) is 13.3 Å². The van der Waals surface area contributed by atoms with Gasteiger partial charge in [0.25, 0.3) is 0 Å². The van der Waals surface area contributed by atoms with Gasteiger partial charge in [-0.15, -0.1) is 0 Å². The molecule has 0 saturated carbocycles. The van der Waals surface area contributed by atoms with Crippen LogP contribution in [-0.2, 0) is 4.79 Å². The van der Waals surface area contributed by atoms with Crippen LogP contribution < -0.4 is 10.6 Å². The molecule has 0 aromatic heterocycles. The predicted octanol–water partition coefficient (Wildman–Crippen LogP) is 2.24. The molecule has 1 aromatic carbocycles. The van der Waals surface area contributed by atoms with Crippen LogP contribution in [0.15, 0.2) is 22.7 Å². The van der Waals surface area contributed by atoms with Crippen LogP contribution >= 0.6 is 15.9 Å². The fourth-order valence-electron chi connectivity index (χ4n) is 1.61. The maximum Gasteiger partial charge on any atom is 0.225 e. The third kappa shape index (κ3) is 6.71. The van der Waals surface area contributed by atoms with Crippen molar-refractivity contribution in [2.75, 3.05) is 39.0 Å². The minimum Gasteiger partial charge on any atom is -0.326 e. The zero-order chi connectivity index (χ0) is 14.3. The number of nitrogens with one attached hydrogen (secondary N) is 2. The lowest BCUT2D eigenvalue weighted by Crippen LogP contribution is -2.29. The Morgan fingerprint density at radius 3 is 2.68 bits per heavy atom. The number of anilines is 1. The van der Waals surface area contributed by atoms with E-state index in [0.29, 0.717) is 13.0 Å². The number of aryl methyl sites for hydroxylation is 1. The highest BCUT2D eigenvalue weighted by molar-refractivity contribution is 9.10. The van der Waals surface area contributed by atoms with Gasteiger partial charge in [0.05, 0.1) is 0 Å². The normalized spacial score (nSPS) is 10.8. The second-order valence-corrected chi connectivity index (χ2v) is 5.73. The predicted molar refractivity (Wildman–Crippen MR) is 83.5 cm³/mol. The molecule has 1 amide bonds. The molecule has 0 aliphatic carbocycles. The molecule has 0 fully saturated rings. The van der Waals surface area contributed by atoms with Crippen LogP contribution in [0.25, 0.3) is 0 Å². The van der Waals surface area contributed by atoms with Crippen molar-refractivity contribution in [2.24, 2.45) is 0 Å². The Bertz CT molecular complexity index is 421. The van der Waals surface area contributed by atoms with Crippen molar-refractivity contribution in [3.8, 4) is 0 Å². The third-order valence-corrected chi connectivity index (χ3v) is 3.22. The van der Waals surface area contributed by atoms with Crippen molar-refractivity contribution in [3.05, 3.63) is 28.2 Å². The van der Waals surface area contributed by atoms with Crippen LogP contribution in [0.5, 0.6) is 0 Å². The van der Waals surface area contributed by atoms with E-state index in [1.54, 1.807) is 0 Å². The first-order valence-electron chi connectivity index (χ1n) is 6.40.